The van der Waals surface area contributed by atoms with E-state index in [1.165, 1.54) is 57.8 Å². The van der Waals surface area contributed by atoms with Crippen molar-refractivity contribution in [1.82, 2.24) is 0 Å². The minimum atomic E-state index is 0. The summed E-state index contributed by atoms with van der Waals surface area (Å²) in [7, 11) is 0. The third-order valence-electron chi connectivity index (χ3n) is 4.43. The van der Waals surface area contributed by atoms with E-state index in [1.54, 1.807) is 0 Å². The second kappa shape index (κ2) is 13.4. The van der Waals surface area contributed by atoms with Crippen molar-refractivity contribution in [3.63, 3.8) is 0 Å². The zero-order valence-corrected chi connectivity index (χ0v) is 13.1. The molecule has 0 aromatic heterocycles. The maximum atomic E-state index is 2.38. The maximum Gasteiger partial charge on any atom is -0.0417 e. The molecular weight excluding hydrogens is 216 g/mol. The van der Waals surface area contributed by atoms with Crippen molar-refractivity contribution in [2.45, 2.75) is 99.8 Å². The van der Waals surface area contributed by atoms with Gasteiger partial charge in [-0.1, -0.05) is 99.8 Å². The Morgan fingerprint density at radius 3 is 1.11 bits per heavy atom. The van der Waals surface area contributed by atoms with Crippen LogP contribution < -0.4 is 0 Å². The van der Waals surface area contributed by atoms with Crippen LogP contribution in [0.15, 0.2) is 0 Å². The van der Waals surface area contributed by atoms with E-state index < -0.39 is 0 Å². The molecule has 0 spiro atoms. The van der Waals surface area contributed by atoms with Gasteiger partial charge < -0.3 is 0 Å². The van der Waals surface area contributed by atoms with Crippen molar-refractivity contribution in [1.29, 1.82) is 0 Å². The third kappa shape index (κ3) is 9.97. The van der Waals surface area contributed by atoms with Gasteiger partial charge in [-0.15, -0.1) is 0 Å². The van der Waals surface area contributed by atoms with E-state index in [1.807, 2.05) is 13.8 Å². The molecule has 0 radical (unpaired) electrons. The minimum absolute atomic E-state index is 0. The molecule has 0 aromatic carbocycles. The van der Waals surface area contributed by atoms with Crippen LogP contribution in [0.4, 0.5) is 0 Å². The summed E-state index contributed by atoms with van der Waals surface area (Å²) in [5, 5.41) is 0. The molecular formula is C18H40. The molecule has 2 rings (SSSR count). The quantitative estimate of drug-likeness (QED) is 0.434. The first-order chi connectivity index (χ1) is 8.20. The van der Waals surface area contributed by atoms with Crippen LogP contribution in [0.5, 0.6) is 0 Å². The molecule has 2 aliphatic carbocycles. The summed E-state index contributed by atoms with van der Waals surface area (Å²) >= 11 is 0. The Hall–Kier alpha value is 0. The summed E-state index contributed by atoms with van der Waals surface area (Å²) in [4.78, 5) is 0. The molecule has 112 valence electrons. The van der Waals surface area contributed by atoms with Crippen LogP contribution in [0.3, 0.4) is 0 Å². The standard InChI is InChI=1S/C8H16.C7H14.C2H6.CH4/c1-7-5-3-4-6-8(7)2;1-7-5-3-2-4-6-7;1-2;/h7-8H,3-6H2,1-2H3;7H,2-6H2,1H3;1-2H3;1H4/t7-,8+;;;. The van der Waals surface area contributed by atoms with Gasteiger partial charge in [0.05, 0.1) is 0 Å². The van der Waals surface area contributed by atoms with Gasteiger partial charge in [0.25, 0.3) is 0 Å². The van der Waals surface area contributed by atoms with Crippen LogP contribution in [0.25, 0.3) is 0 Å². The summed E-state index contributed by atoms with van der Waals surface area (Å²) in [5.41, 5.74) is 0. The predicted molar refractivity (Wildman–Crippen MR) is 87.1 cm³/mol. The molecule has 2 aliphatic rings. The Labute approximate surface area is 118 Å². The van der Waals surface area contributed by atoms with E-state index in [2.05, 4.69) is 20.8 Å². The van der Waals surface area contributed by atoms with E-state index in [9.17, 15) is 0 Å². The average molecular weight is 257 g/mol. The Balaban J connectivity index is 0. The maximum absolute atomic E-state index is 2.38. The average Bonchev–Trinajstić information content (AvgIpc) is 2.37. The van der Waals surface area contributed by atoms with Crippen molar-refractivity contribution in [2.24, 2.45) is 17.8 Å². The van der Waals surface area contributed by atoms with Crippen LogP contribution in [0, 0.1) is 17.8 Å². The van der Waals surface area contributed by atoms with Crippen LogP contribution in [-0.2, 0) is 0 Å². The summed E-state index contributed by atoms with van der Waals surface area (Å²) in [5.74, 6) is 3.04. The van der Waals surface area contributed by atoms with Gasteiger partial charge in [-0.2, -0.15) is 0 Å². The fourth-order valence-electron chi connectivity index (χ4n) is 2.81. The topological polar surface area (TPSA) is 0 Å². The summed E-state index contributed by atoms with van der Waals surface area (Å²) in [6.45, 7) is 11.1. The first kappa shape index (κ1) is 20.3. The van der Waals surface area contributed by atoms with E-state index in [4.69, 9.17) is 0 Å². The lowest BCUT2D eigenvalue weighted by Crippen LogP contribution is -2.12. The van der Waals surface area contributed by atoms with Gasteiger partial charge in [0.1, 0.15) is 0 Å². The van der Waals surface area contributed by atoms with Gasteiger partial charge in [-0.3, -0.25) is 0 Å². The molecule has 2 fully saturated rings. The van der Waals surface area contributed by atoms with Crippen molar-refractivity contribution in [3.05, 3.63) is 0 Å². The van der Waals surface area contributed by atoms with E-state index in [-0.39, 0.29) is 7.43 Å². The first-order valence-electron chi connectivity index (χ1n) is 8.20. The van der Waals surface area contributed by atoms with Gasteiger partial charge in [0.2, 0.25) is 0 Å². The smallest absolute Gasteiger partial charge is 0.0417 e. The fourth-order valence-corrected chi connectivity index (χ4v) is 2.81. The highest BCUT2D eigenvalue weighted by molar-refractivity contribution is 4.67. The Bertz CT molecular complexity index is 134. The Morgan fingerprint density at radius 2 is 0.889 bits per heavy atom. The molecule has 0 aromatic rings. The van der Waals surface area contributed by atoms with E-state index in [0.29, 0.717) is 0 Å². The van der Waals surface area contributed by atoms with Gasteiger partial charge >= 0.3 is 0 Å². The van der Waals surface area contributed by atoms with Crippen LogP contribution in [0.2, 0.25) is 0 Å². The SMILES string of the molecule is C.CC.CC1CCCCC1.C[C@@H]1CCCC[C@@H]1C. The molecule has 0 heterocycles. The lowest BCUT2D eigenvalue weighted by atomic mass is 9.82. The normalized spacial score (nSPS) is 27.8. The van der Waals surface area contributed by atoms with Gasteiger partial charge in [0, 0.05) is 0 Å². The molecule has 2 saturated carbocycles. The van der Waals surface area contributed by atoms with Gasteiger partial charge in [-0.25, -0.2) is 0 Å². The molecule has 0 bridgehead atoms. The summed E-state index contributed by atoms with van der Waals surface area (Å²) < 4.78 is 0. The van der Waals surface area contributed by atoms with Crippen molar-refractivity contribution in [2.75, 3.05) is 0 Å². The van der Waals surface area contributed by atoms with E-state index >= 15 is 0 Å². The molecule has 0 saturated heterocycles. The largest absolute Gasteiger partial charge is 0.0776 e. The molecule has 0 nitrogen and oxygen atoms in total. The second-order valence-electron chi connectivity index (χ2n) is 5.98. The zero-order valence-electron chi connectivity index (χ0n) is 13.1. The van der Waals surface area contributed by atoms with E-state index in [0.717, 1.165) is 17.8 Å². The monoisotopic (exact) mass is 256 g/mol. The summed E-state index contributed by atoms with van der Waals surface area (Å²) in [6.07, 6.45) is 13.3. The lowest BCUT2D eigenvalue weighted by Gasteiger charge is -2.24. The number of hydrogen-bond acceptors (Lipinski definition) is 0. The number of rotatable bonds is 0. The first-order valence-corrected chi connectivity index (χ1v) is 8.20. The van der Waals surface area contributed by atoms with Gasteiger partial charge in [-0.05, 0) is 17.8 Å². The molecule has 2 atom stereocenters. The van der Waals surface area contributed by atoms with Crippen LogP contribution in [-0.4, -0.2) is 0 Å². The highest BCUT2D eigenvalue weighted by atomic mass is 14.2. The van der Waals surface area contributed by atoms with Crippen molar-refractivity contribution in [3.8, 4) is 0 Å². The van der Waals surface area contributed by atoms with Crippen LogP contribution in [0.1, 0.15) is 99.8 Å². The Kier molecular flexibility index (Phi) is 15.2. The molecule has 0 N–H and O–H groups in total. The molecule has 0 heteroatoms. The summed E-state index contributed by atoms with van der Waals surface area (Å²) in [6, 6.07) is 0. The molecule has 0 amide bonds. The Morgan fingerprint density at radius 1 is 0.556 bits per heavy atom. The van der Waals surface area contributed by atoms with Crippen molar-refractivity contribution < 1.29 is 0 Å². The lowest BCUT2D eigenvalue weighted by molar-refractivity contribution is 0.277. The molecule has 0 unspecified atom stereocenters. The third-order valence-corrected chi connectivity index (χ3v) is 4.43. The molecule has 18 heavy (non-hydrogen) atoms. The highest BCUT2D eigenvalue weighted by Crippen LogP contribution is 2.28. The minimum Gasteiger partial charge on any atom is -0.0776 e. The highest BCUT2D eigenvalue weighted by Gasteiger charge is 2.15. The fraction of sp³-hybridized carbons (Fsp3) is 1.00. The van der Waals surface area contributed by atoms with Gasteiger partial charge in [0.15, 0.2) is 0 Å². The number of hydrogen-bond donors (Lipinski definition) is 0. The van der Waals surface area contributed by atoms with Crippen LogP contribution >= 0.6 is 0 Å². The second-order valence-corrected chi connectivity index (χ2v) is 5.98. The zero-order chi connectivity index (χ0) is 13.1. The predicted octanol–water partition coefficient (Wildman–Crippen LogP) is 7.08. The molecule has 0 aliphatic heterocycles. The van der Waals surface area contributed by atoms with Crippen molar-refractivity contribution >= 4 is 0 Å².